The van der Waals surface area contributed by atoms with Gasteiger partial charge in [0.2, 0.25) is 0 Å². The number of nitrogens with two attached hydrogens (primary N) is 1. The van der Waals surface area contributed by atoms with Crippen LogP contribution >= 0.6 is 7.82 Å². The van der Waals surface area contributed by atoms with Gasteiger partial charge in [0.1, 0.15) is 42.6 Å². The first-order chi connectivity index (χ1) is 18.1. The number of rotatable bonds is 8. The number of fused-ring (bicyclic) bond motifs is 1. The molecule has 0 bridgehead atoms. The van der Waals surface area contributed by atoms with Gasteiger partial charge in [0.25, 0.3) is 5.56 Å². The van der Waals surface area contributed by atoms with Crippen molar-refractivity contribution < 1.29 is 38.2 Å². The molecule has 18 heteroatoms. The third-order valence-electron chi connectivity index (χ3n) is 6.39. The Hall–Kier alpha value is -3.02. The van der Waals surface area contributed by atoms with E-state index in [9.17, 15) is 29.3 Å². The van der Waals surface area contributed by atoms with Crippen LogP contribution in [-0.2, 0) is 23.1 Å². The Kier molecular flexibility index (Phi) is 7.19. The maximum Gasteiger partial charge on any atom is 0.472 e. The van der Waals surface area contributed by atoms with E-state index in [0.29, 0.717) is 11.2 Å². The number of anilines is 1. The van der Waals surface area contributed by atoms with Crippen molar-refractivity contribution >= 4 is 24.8 Å². The minimum Gasteiger partial charge on any atom is -0.394 e. The minimum atomic E-state index is -4.73. The van der Waals surface area contributed by atoms with Gasteiger partial charge in [-0.15, -0.1) is 0 Å². The SMILES string of the molecule is Cc1cn([C@H]2CC(OP(=O)(O)OC[C@H]3O[C@@H](n4cnc5c(N)ncnc54)CC3O)[C@@H](CO)O2)c(=O)[nH]c1=O. The summed E-state index contributed by atoms with van der Waals surface area (Å²) in [6, 6.07) is 0. The molecule has 2 aliphatic rings. The van der Waals surface area contributed by atoms with Crippen LogP contribution < -0.4 is 17.0 Å². The fourth-order valence-corrected chi connectivity index (χ4v) is 5.39. The predicted molar refractivity (Wildman–Crippen MR) is 127 cm³/mol. The summed E-state index contributed by atoms with van der Waals surface area (Å²) in [7, 11) is -4.73. The average Bonchev–Trinajstić information content (AvgIpc) is 3.57. The molecule has 17 nitrogen and oxygen atoms in total. The van der Waals surface area contributed by atoms with Crippen molar-refractivity contribution in [2.45, 2.75) is 56.6 Å². The van der Waals surface area contributed by atoms with Crippen molar-refractivity contribution in [2.75, 3.05) is 18.9 Å². The van der Waals surface area contributed by atoms with E-state index in [2.05, 4.69) is 19.9 Å². The Balaban J connectivity index is 1.22. The van der Waals surface area contributed by atoms with Crippen molar-refractivity contribution in [2.24, 2.45) is 0 Å². The van der Waals surface area contributed by atoms with Crippen LogP contribution in [0.1, 0.15) is 30.9 Å². The Bertz CT molecular complexity index is 1490. The van der Waals surface area contributed by atoms with Gasteiger partial charge in [0.05, 0.1) is 25.6 Å². The second-order valence-corrected chi connectivity index (χ2v) is 10.4. The molecule has 6 N–H and O–H groups in total. The van der Waals surface area contributed by atoms with Crippen LogP contribution in [0.5, 0.6) is 0 Å². The maximum absolute atomic E-state index is 12.7. The quantitative estimate of drug-likeness (QED) is 0.203. The van der Waals surface area contributed by atoms with Gasteiger partial charge in [-0.05, 0) is 6.92 Å². The van der Waals surface area contributed by atoms with Gasteiger partial charge in [0.15, 0.2) is 11.5 Å². The first-order valence-electron chi connectivity index (χ1n) is 11.6. The number of nitrogens with one attached hydrogen (secondary N) is 1. The molecule has 0 radical (unpaired) electrons. The molecule has 3 aromatic heterocycles. The van der Waals surface area contributed by atoms with Crippen LogP contribution in [0.15, 0.2) is 28.4 Å². The molecule has 2 saturated heterocycles. The van der Waals surface area contributed by atoms with Crippen molar-refractivity contribution in [1.29, 1.82) is 0 Å². The van der Waals surface area contributed by atoms with Crippen LogP contribution in [0.4, 0.5) is 5.82 Å². The average molecular weight is 555 g/mol. The lowest BCUT2D eigenvalue weighted by atomic mass is 10.2. The molecular formula is C20H26N7O10P. The Labute approximate surface area is 213 Å². The summed E-state index contributed by atoms with van der Waals surface area (Å²) in [5.41, 5.74) is 5.52. The monoisotopic (exact) mass is 555 g/mol. The number of phosphoric acid groups is 1. The van der Waals surface area contributed by atoms with E-state index in [1.54, 1.807) is 4.57 Å². The van der Waals surface area contributed by atoms with Crippen molar-refractivity contribution in [3.05, 3.63) is 45.3 Å². The number of hydrogen-bond acceptors (Lipinski definition) is 13. The van der Waals surface area contributed by atoms with Crippen molar-refractivity contribution in [3.8, 4) is 0 Å². The molecule has 3 aromatic rings. The van der Waals surface area contributed by atoms with Crippen LogP contribution in [0, 0.1) is 6.92 Å². The van der Waals surface area contributed by atoms with Gasteiger partial charge in [-0.3, -0.25) is 28.0 Å². The standard InChI is InChI=1S/C20H26N7O10P/c1-9-4-26(20(31)25-19(9)30)15-3-11(12(5-28)35-15)37-38(32,33)34-6-13-10(29)2-14(36-13)27-8-24-16-17(21)22-7-23-18(16)27/h4,7-8,10-15,28-29H,2-3,5-6H2,1H3,(H,32,33)(H2,21,22,23)(H,25,30,31)/t10?,11?,12-,13-,14-,15-/m1/s1. The summed E-state index contributed by atoms with van der Waals surface area (Å²) in [6.07, 6.45) is -1.83. The number of ether oxygens (including phenoxy) is 2. The van der Waals surface area contributed by atoms with E-state index >= 15 is 0 Å². The summed E-state index contributed by atoms with van der Waals surface area (Å²) < 4.78 is 37.1. The van der Waals surface area contributed by atoms with Gasteiger partial charge < -0.3 is 30.3 Å². The maximum atomic E-state index is 12.7. The summed E-state index contributed by atoms with van der Waals surface area (Å²) >= 11 is 0. The molecule has 0 saturated carbocycles. The van der Waals surface area contributed by atoms with Gasteiger partial charge in [-0.25, -0.2) is 24.3 Å². The van der Waals surface area contributed by atoms with E-state index in [1.165, 1.54) is 25.8 Å². The number of aliphatic hydroxyl groups excluding tert-OH is 2. The largest absolute Gasteiger partial charge is 0.472 e. The summed E-state index contributed by atoms with van der Waals surface area (Å²) in [5, 5.41) is 20.1. The number of hydrogen-bond donors (Lipinski definition) is 5. The molecule has 3 unspecified atom stereocenters. The lowest BCUT2D eigenvalue weighted by Crippen LogP contribution is -2.33. The molecule has 0 spiro atoms. The first-order valence-corrected chi connectivity index (χ1v) is 13.1. The highest BCUT2D eigenvalue weighted by atomic mass is 31.2. The lowest BCUT2D eigenvalue weighted by Gasteiger charge is -2.21. The van der Waals surface area contributed by atoms with E-state index in [1.807, 2.05) is 0 Å². The normalized spacial score (nSPS) is 29.2. The minimum absolute atomic E-state index is 0.0894. The fourth-order valence-electron chi connectivity index (χ4n) is 4.43. The van der Waals surface area contributed by atoms with Crippen LogP contribution in [0.3, 0.4) is 0 Å². The number of aromatic amines is 1. The smallest absolute Gasteiger partial charge is 0.394 e. The third kappa shape index (κ3) is 5.14. The zero-order valence-corrected chi connectivity index (χ0v) is 20.9. The number of aryl methyl sites for hydroxylation is 1. The Morgan fingerprint density at radius 2 is 1.92 bits per heavy atom. The number of nitrogens with zero attached hydrogens (tertiary/aromatic N) is 5. The number of aliphatic hydroxyl groups is 2. The fraction of sp³-hybridized carbons (Fsp3) is 0.550. The molecule has 5 rings (SSSR count). The number of phosphoric ester groups is 1. The van der Waals surface area contributed by atoms with E-state index in [4.69, 9.17) is 24.3 Å². The summed E-state index contributed by atoms with van der Waals surface area (Å²) in [4.78, 5) is 48.5. The molecule has 2 fully saturated rings. The molecule has 0 aromatic carbocycles. The van der Waals surface area contributed by atoms with Crippen molar-refractivity contribution in [3.63, 3.8) is 0 Å². The lowest BCUT2D eigenvalue weighted by molar-refractivity contribution is -0.0564. The van der Waals surface area contributed by atoms with Crippen LogP contribution in [0.25, 0.3) is 11.2 Å². The van der Waals surface area contributed by atoms with E-state index < -0.39 is 69.2 Å². The predicted octanol–water partition coefficient (Wildman–Crippen LogP) is -1.30. The molecule has 0 amide bonds. The molecule has 206 valence electrons. The second kappa shape index (κ2) is 10.3. The van der Waals surface area contributed by atoms with Crippen molar-refractivity contribution in [1.82, 2.24) is 29.1 Å². The molecule has 2 aliphatic heterocycles. The van der Waals surface area contributed by atoms with Gasteiger partial charge in [0, 0.05) is 24.6 Å². The van der Waals surface area contributed by atoms with E-state index in [0.717, 1.165) is 4.57 Å². The van der Waals surface area contributed by atoms with Gasteiger partial charge in [-0.2, -0.15) is 0 Å². The topological polar surface area (TPSA) is 239 Å². The highest BCUT2D eigenvalue weighted by molar-refractivity contribution is 7.47. The first kappa shape index (κ1) is 26.6. The van der Waals surface area contributed by atoms with Crippen LogP contribution in [-0.4, -0.2) is 81.8 Å². The van der Waals surface area contributed by atoms with Gasteiger partial charge >= 0.3 is 13.5 Å². The molecule has 0 aliphatic carbocycles. The molecular weight excluding hydrogens is 529 g/mol. The zero-order chi connectivity index (χ0) is 27.2. The van der Waals surface area contributed by atoms with E-state index in [-0.39, 0.29) is 24.2 Å². The Morgan fingerprint density at radius 3 is 2.68 bits per heavy atom. The highest BCUT2D eigenvalue weighted by Gasteiger charge is 2.43. The highest BCUT2D eigenvalue weighted by Crippen LogP contribution is 2.49. The molecule has 7 atom stereocenters. The summed E-state index contributed by atoms with van der Waals surface area (Å²) in [6.45, 7) is 0.436. The number of imidazole rings is 1. The number of aromatic nitrogens is 6. The number of H-pyrrole nitrogens is 1. The summed E-state index contributed by atoms with van der Waals surface area (Å²) in [5.74, 6) is 0.186. The molecule has 5 heterocycles. The van der Waals surface area contributed by atoms with Crippen LogP contribution in [0.2, 0.25) is 0 Å². The zero-order valence-electron chi connectivity index (χ0n) is 20.0. The molecule has 38 heavy (non-hydrogen) atoms. The Morgan fingerprint density at radius 1 is 1.18 bits per heavy atom. The second-order valence-electron chi connectivity index (χ2n) is 8.95. The third-order valence-corrected chi connectivity index (χ3v) is 7.40. The van der Waals surface area contributed by atoms with Gasteiger partial charge in [-0.1, -0.05) is 0 Å². The number of nitrogen functional groups attached to an aromatic ring is 1.